The van der Waals surface area contributed by atoms with Gasteiger partial charge in [-0.1, -0.05) is 0 Å². The van der Waals surface area contributed by atoms with Gasteiger partial charge in [0.2, 0.25) is 0 Å². The quantitative estimate of drug-likeness (QED) is 0.138. The van der Waals surface area contributed by atoms with E-state index in [2.05, 4.69) is 364 Å². The Labute approximate surface area is 479 Å². The summed E-state index contributed by atoms with van der Waals surface area (Å²) >= 11 is -8.65. The van der Waals surface area contributed by atoms with Crippen molar-refractivity contribution in [3.8, 4) is 0 Å². The van der Waals surface area contributed by atoms with Crippen LogP contribution in [-0.2, 0) is 0 Å². The molecule has 12 rings (SSSR count). The Hall–Kier alpha value is -7.23. The molecule has 0 saturated heterocycles. The number of benzene rings is 12. The predicted molar refractivity (Wildman–Crippen MR) is 307 cm³/mol. The van der Waals surface area contributed by atoms with E-state index in [4.69, 9.17) is 15.1 Å². The van der Waals surface area contributed by atoms with E-state index in [1.807, 2.05) is 0 Å². The first kappa shape index (κ1) is 56.5. The summed E-state index contributed by atoms with van der Waals surface area (Å²) in [6.07, 6.45) is 0. The van der Waals surface area contributed by atoms with E-state index in [0.717, 1.165) is 0 Å². The van der Waals surface area contributed by atoms with Crippen molar-refractivity contribution < 1.29 is 70.4 Å². The first-order chi connectivity index (χ1) is 39.0. The zero-order chi connectivity index (χ0) is 54.4. The molecule has 0 fully saturated rings. The van der Waals surface area contributed by atoms with E-state index < -0.39 is 62.6 Å². The molecule has 0 heterocycles. The summed E-state index contributed by atoms with van der Waals surface area (Å²) in [4.78, 5) is 0. The SMILES string of the molecule is [O-]B([O-])[O-].c1ccc([I+](c2ccccc2)(c2ccccc2)c2ccccc2)cc1.c1ccc([I+](c2ccccc2)(c2ccccc2)c2ccccc2)cc1.c1ccc([I+](c2ccccc2)(c2ccccc2)c2ccccc2)cc1. The third kappa shape index (κ3) is 13.0. The number of rotatable bonds is 12. The fraction of sp³-hybridized carbons (Fsp3) is 0. The molecule has 0 aliphatic carbocycles. The van der Waals surface area contributed by atoms with Crippen LogP contribution in [0.5, 0.6) is 0 Å². The Bertz CT molecular complexity index is 2720. The molecule has 12 aromatic rings. The van der Waals surface area contributed by atoms with Crippen LogP contribution in [0.3, 0.4) is 0 Å². The van der Waals surface area contributed by atoms with Crippen LogP contribution in [0.2, 0.25) is 0 Å². The van der Waals surface area contributed by atoms with Gasteiger partial charge in [0.25, 0.3) is 0 Å². The zero-order valence-electron chi connectivity index (χ0n) is 43.6. The summed E-state index contributed by atoms with van der Waals surface area (Å²) in [5, 5.41) is 25.2. The second kappa shape index (κ2) is 28.6. The number of hydrogen-bond acceptors (Lipinski definition) is 3. The van der Waals surface area contributed by atoms with Gasteiger partial charge in [-0.05, 0) is 0 Å². The van der Waals surface area contributed by atoms with Gasteiger partial charge in [-0.2, -0.15) is 0 Å². The van der Waals surface area contributed by atoms with Gasteiger partial charge in [0.1, 0.15) is 0 Å². The Morgan fingerprint density at radius 1 is 0.139 bits per heavy atom. The maximum absolute atomic E-state index is 8.42. The molecule has 0 N–H and O–H groups in total. The summed E-state index contributed by atoms with van der Waals surface area (Å²) in [7, 11) is -2.92. The van der Waals surface area contributed by atoms with Crippen molar-refractivity contribution in [3.63, 3.8) is 0 Å². The van der Waals surface area contributed by atoms with Crippen LogP contribution in [0.15, 0.2) is 364 Å². The molecule has 79 heavy (non-hydrogen) atoms. The monoisotopic (exact) mass is 1360 g/mol. The van der Waals surface area contributed by atoms with E-state index in [0.29, 0.717) is 0 Å². The van der Waals surface area contributed by atoms with Gasteiger partial charge in [0.05, 0.1) is 0 Å². The minimum absolute atomic E-state index is 1.46. The molecule has 0 saturated carbocycles. The Morgan fingerprint density at radius 3 is 0.266 bits per heavy atom. The minimum atomic E-state index is -2.92. The van der Waals surface area contributed by atoms with Crippen molar-refractivity contribution >= 4 is 7.32 Å². The normalized spacial score (nSPS) is 11.6. The molecule has 0 aromatic heterocycles. The van der Waals surface area contributed by atoms with Crippen LogP contribution in [0.4, 0.5) is 0 Å². The Balaban J connectivity index is 0.000000139. The third-order valence-corrected chi connectivity index (χ3v) is 43.8. The van der Waals surface area contributed by atoms with Crippen LogP contribution >= 0.6 is 0 Å². The average molecular weight is 1360 g/mol. The average Bonchev–Trinajstić information content (AvgIpc) is 3.61. The standard InChI is InChI=1S/3C24H20I.BO3/c3*1-5-13-21(14-6-1)25(22-15-7-2-8-16-22,23-17-9-3-10-18-23)24-19-11-4-12-20-24;2-1(3)4/h3*1-20H;/q3*+1;-3. The second-order valence-electron chi connectivity index (χ2n) is 17.5. The van der Waals surface area contributed by atoms with Gasteiger partial charge < -0.3 is 15.1 Å². The van der Waals surface area contributed by atoms with Gasteiger partial charge in [-0.15, -0.1) is 0 Å². The third-order valence-electron chi connectivity index (χ3n) is 12.7. The van der Waals surface area contributed by atoms with Gasteiger partial charge in [-0.3, -0.25) is 7.32 Å². The molecule has 0 bridgehead atoms. The number of halogens is 3. The van der Waals surface area contributed by atoms with E-state index in [9.17, 15) is 0 Å². The van der Waals surface area contributed by atoms with Crippen molar-refractivity contribution in [2.45, 2.75) is 0 Å². The molecular weight excluding hydrogens is 1300 g/mol. The first-order valence-electron chi connectivity index (χ1n) is 25.9. The molecular formula is C72H60BI3O3. The van der Waals surface area contributed by atoms with Gasteiger partial charge in [0.15, 0.2) is 0 Å². The van der Waals surface area contributed by atoms with Crippen molar-refractivity contribution in [1.29, 1.82) is 0 Å². The topological polar surface area (TPSA) is 69.2 Å². The molecule has 0 spiro atoms. The van der Waals surface area contributed by atoms with Crippen molar-refractivity contribution in [3.05, 3.63) is 407 Å². The predicted octanol–water partition coefficient (Wildman–Crippen LogP) is 3.93. The fourth-order valence-electron chi connectivity index (χ4n) is 9.51. The molecule has 0 radical (unpaired) electrons. The van der Waals surface area contributed by atoms with Crippen molar-refractivity contribution in [2.75, 3.05) is 0 Å². The molecule has 0 unspecified atom stereocenters. The van der Waals surface area contributed by atoms with Crippen LogP contribution in [0.1, 0.15) is 0 Å². The van der Waals surface area contributed by atoms with Gasteiger partial charge in [-0.25, -0.2) is 0 Å². The molecule has 7 heteroatoms. The summed E-state index contributed by atoms with van der Waals surface area (Å²) in [5.41, 5.74) is 0. The van der Waals surface area contributed by atoms with E-state index in [1.54, 1.807) is 0 Å². The summed E-state index contributed by atoms with van der Waals surface area (Å²) in [6.45, 7) is 0. The Kier molecular flexibility index (Phi) is 20.4. The summed E-state index contributed by atoms with van der Waals surface area (Å²) in [6, 6.07) is 133. The molecule has 0 amide bonds. The summed E-state index contributed by atoms with van der Waals surface area (Å²) < 4.78 is 17.5. The molecule has 3 nitrogen and oxygen atoms in total. The van der Waals surface area contributed by atoms with E-state index in [1.165, 1.54) is 42.8 Å². The van der Waals surface area contributed by atoms with Crippen molar-refractivity contribution in [1.82, 2.24) is 0 Å². The molecule has 0 atom stereocenters. The maximum atomic E-state index is 8.42. The zero-order valence-corrected chi connectivity index (χ0v) is 50.0. The van der Waals surface area contributed by atoms with Crippen LogP contribution in [-0.4, -0.2) is 7.32 Å². The fourth-order valence-corrected chi connectivity index (χ4v) is 40.4. The van der Waals surface area contributed by atoms with Crippen LogP contribution < -0.4 is 70.4 Å². The van der Waals surface area contributed by atoms with Crippen molar-refractivity contribution in [2.24, 2.45) is 0 Å². The number of hydrogen-bond donors (Lipinski definition) is 0. The molecule has 12 aromatic carbocycles. The van der Waals surface area contributed by atoms with Gasteiger partial charge in [0, 0.05) is 0 Å². The van der Waals surface area contributed by atoms with Crippen LogP contribution in [0.25, 0.3) is 0 Å². The summed E-state index contributed by atoms with van der Waals surface area (Å²) in [5.74, 6) is 0. The second-order valence-corrected chi connectivity index (χ2v) is 42.2. The molecule has 0 aliphatic heterocycles. The van der Waals surface area contributed by atoms with Gasteiger partial charge >= 0.3 is 462 Å². The molecule has 0 aliphatic rings. The van der Waals surface area contributed by atoms with E-state index in [-0.39, 0.29) is 0 Å². The van der Waals surface area contributed by atoms with Crippen LogP contribution in [0, 0.1) is 42.8 Å². The molecule has 390 valence electrons. The van der Waals surface area contributed by atoms with E-state index >= 15 is 0 Å². The Morgan fingerprint density at radius 2 is 0.203 bits per heavy atom. The first-order valence-corrected chi connectivity index (χ1v) is 38.8.